The molecule has 38 heavy (non-hydrogen) atoms. The second kappa shape index (κ2) is 9.55. The summed E-state index contributed by atoms with van der Waals surface area (Å²) in [6, 6.07) is 10.0. The fourth-order valence-electron chi connectivity index (χ4n) is 5.74. The molecule has 0 radical (unpaired) electrons. The molecule has 1 saturated carbocycles. The Morgan fingerprint density at radius 2 is 1.79 bits per heavy atom. The molecule has 2 aromatic rings. The fraction of sp³-hybridized carbons (Fsp3) is 0.500. The van der Waals surface area contributed by atoms with E-state index in [0.717, 1.165) is 37.5 Å². The van der Waals surface area contributed by atoms with Crippen molar-refractivity contribution in [1.82, 2.24) is 15.6 Å². The lowest BCUT2D eigenvalue weighted by molar-refractivity contribution is -0.124. The van der Waals surface area contributed by atoms with E-state index in [0.29, 0.717) is 18.7 Å². The Balaban J connectivity index is 1.22. The van der Waals surface area contributed by atoms with Gasteiger partial charge in [0, 0.05) is 30.6 Å². The number of fused-ring (bicyclic) bond motifs is 2. The van der Waals surface area contributed by atoms with Gasteiger partial charge in [0.1, 0.15) is 12.4 Å². The number of nitrogens with one attached hydrogen (secondary N) is 2. The highest BCUT2D eigenvalue weighted by Gasteiger charge is 2.52. The molecule has 3 heterocycles. The first-order valence-corrected chi connectivity index (χ1v) is 14.5. The summed E-state index contributed by atoms with van der Waals surface area (Å²) in [4.78, 5) is 32.1. The highest BCUT2D eigenvalue weighted by atomic mass is 32.2. The summed E-state index contributed by atoms with van der Waals surface area (Å²) in [5.74, 6) is -0.249. The predicted molar refractivity (Wildman–Crippen MR) is 134 cm³/mol. The fourth-order valence-corrected chi connectivity index (χ4v) is 6.41. The number of benzene rings is 1. The third-order valence-corrected chi connectivity index (χ3v) is 8.90. The summed E-state index contributed by atoms with van der Waals surface area (Å²) in [5, 5.41) is 5.06. The zero-order valence-electron chi connectivity index (χ0n) is 20.8. The molecule has 2 atom stereocenters. The first-order valence-electron chi connectivity index (χ1n) is 12.6. The van der Waals surface area contributed by atoms with Crippen LogP contribution in [0.5, 0.6) is 0 Å². The van der Waals surface area contributed by atoms with E-state index in [2.05, 4.69) is 15.2 Å². The zero-order valence-corrected chi connectivity index (χ0v) is 21.6. The minimum absolute atomic E-state index is 0.0285. The van der Waals surface area contributed by atoms with Crippen LogP contribution in [0.4, 0.5) is 19.0 Å². The molecule has 2 saturated heterocycles. The van der Waals surface area contributed by atoms with Crippen molar-refractivity contribution in [2.24, 2.45) is 0 Å². The summed E-state index contributed by atoms with van der Waals surface area (Å²) in [6.07, 6.45) is 2.59. The van der Waals surface area contributed by atoms with E-state index < -0.39 is 33.9 Å². The number of carbonyl (C=O) groups excluding carboxylic acids is 2. The zero-order chi connectivity index (χ0) is 27.3. The summed E-state index contributed by atoms with van der Waals surface area (Å²) in [7, 11) is -3.38. The predicted octanol–water partition coefficient (Wildman–Crippen LogP) is 3.13. The number of sulfone groups is 1. The van der Waals surface area contributed by atoms with E-state index in [-0.39, 0.29) is 34.5 Å². The largest absolute Gasteiger partial charge is 0.405 e. The van der Waals surface area contributed by atoms with E-state index in [1.54, 1.807) is 18.2 Å². The maximum absolute atomic E-state index is 13.4. The van der Waals surface area contributed by atoms with Crippen LogP contribution in [0, 0.1) is 0 Å². The van der Waals surface area contributed by atoms with Gasteiger partial charge in [-0.1, -0.05) is 12.1 Å². The normalized spacial score (nSPS) is 24.1. The van der Waals surface area contributed by atoms with Crippen molar-refractivity contribution in [1.29, 1.82) is 0 Å². The first kappa shape index (κ1) is 26.5. The molecule has 0 spiro atoms. The van der Waals surface area contributed by atoms with E-state index in [1.165, 1.54) is 18.3 Å². The molecule has 2 unspecified atom stereocenters. The van der Waals surface area contributed by atoms with E-state index in [9.17, 15) is 31.2 Å². The lowest BCUT2D eigenvalue weighted by Crippen LogP contribution is -2.52. The number of piperidine rings is 1. The molecule has 12 heteroatoms. The Morgan fingerprint density at radius 1 is 1.11 bits per heavy atom. The highest BCUT2D eigenvalue weighted by Crippen LogP contribution is 2.49. The molecule has 2 bridgehead atoms. The Kier molecular flexibility index (Phi) is 6.65. The average Bonchev–Trinajstić information content (AvgIpc) is 3.63. The van der Waals surface area contributed by atoms with E-state index >= 15 is 0 Å². The number of anilines is 1. The van der Waals surface area contributed by atoms with E-state index in [1.807, 2.05) is 11.4 Å². The van der Waals surface area contributed by atoms with Gasteiger partial charge in [-0.3, -0.25) is 9.59 Å². The molecule has 2 amide bonds. The molecule has 3 fully saturated rings. The standard InChI is InChI=1S/C26H29F3N4O4S/c1-38(36,37)21-4-2-3-17(11-21)25(9-10-25)24(35)32-18-12-19-6-7-20(13-18)33(19)22-8-5-16(14-30-22)23(34)31-15-26(27,28)29/h2-5,8,11,14,18-20H,6-7,9-10,12-13,15H2,1H3,(H,31,34)(H,32,35). The van der Waals surface area contributed by atoms with Crippen molar-refractivity contribution in [2.45, 2.75) is 73.1 Å². The van der Waals surface area contributed by atoms with Crippen molar-refractivity contribution in [3.8, 4) is 0 Å². The number of carbonyl (C=O) groups is 2. The van der Waals surface area contributed by atoms with Gasteiger partial charge in [0.25, 0.3) is 5.91 Å². The maximum atomic E-state index is 13.4. The monoisotopic (exact) mass is 550 g/mol. The number of hydrogen-bond acceptors (Lipinski definition) is 6. The summed E-state index contributed by atoms with van der Waals surface area (Å²) in [5.41, 5.74) is 0.0880. The minimum Gasteiger partial charge on any atom is -0.352 e. The van der Waals surface area contributed by atoms with Gasteiger partial charge in [-0.15, -0.1) is 0 Å². The number of alkyl halides is 3. The topological polar surface area (TPSA) is 108 Å². The molecule has 204 valence electrons. The van der Waals surface area contributed by atoms with Gasteiger partial charge in [0.05, 0.1) is 15.9 Å². The third-order valence-electron chi connectivity index (χ3n) is 7.79. The quantitative estimate of drug-likeness (QED) is 0.549. The van der Waals surface area contributed by atoms with Crippen molar-refractivity contribution < 1.29 is 31.2 Å². The number of nitrogens with zero attached hydrogens (tertiary/aromatic N) is 2. The SMILES string of the molecule is CS(=O)(=O)c1cccc(C2(C(=O)NC3CC4CCC(C3)N4c3ccc(C(=O)NCC(F)(F)F)cn3)CC2)c1. The average molecular weight is 551 g/mol. The van der Waals surface area contributed by atoms with Crippen molar-refractivity contribution in [3.05, 3.63) is 53.7 Å². The second-order valence-electron chi connectivity index (χ2n) is 10.5. The van der Waals surface area contributed by atoms with Gasteiger partial charge in [-0.25, -0.2) is 13.4 Å². The molecule has 2 N–H and O–H groups in total. The maximum Gasteiger partial charge on any atom is 0.405 e. The lowest BCUT2D eigenvalue weighted by atomic mass is 9.92. The Bertz CT molecular complexity index is 1330. The second-order valence-corrected chi connectivity index (χ2v) is 12.5. The van der Waals surface area contributed by atoms with Crippen LogP contribution in [0.25, 0.3) is 0 Å². The van der Waals surface area contributed by atoms with Crippen LogP contribution in [-0.4, -0.2) is 62.3 Å². The van der Waals surface area contributed by atoms with Crippen LogP contribution >= 0.6 is 0 Å². The van der Waals surface area contributed by atoms with Gasteiger partial charge < -0.3 is 15.5 Å². The molecule has 1 aliphatic carbocycles. The van der Waals surface area contributed by atoms with Gasteiger partial charge in [0.15, 0.2) is 9.84 Å². The molecular weight excluding hydrogens is 521 g/mol. The van der Waals surface area contributed by atoms with Crippen LogP contribution < -0.4 is 15.5 Å². The van der Waals surface area contributed by atoms with Crippen LogP contribution in [0.15, 0.2) is 47.5 Å². The smallest absolute Gasteiger partial charge is 0.352 e. The van der Waals surface area contributed by atoms with E-state index in [4.69, 9.17) is 0 Å². The van der Waals surface area contributed by atoms with Crippen molar-refractivity contribution in [2.75, 3.05) is 17.7 Å². The number of aromatic nitrogens is 1. The van der Waals surface area contributed by atoms with Crippen LogP contribution in [0.2, 0.25) is 0 Å². The molecular formula is C26H29F3N4O4S. The number of halogens is 3. The molecule has 1 aromatic heterocycles. The Morgan fingerprint density at radius 3 is 2.34 bits per heavy atom. The summed E-state index contributed by atoms with van der Waals surface area (Å²) >= 11 is 0. The summed E-state index contributed by atoms with van der Waals surface area (Å²) in [6.45, 7) is -1.40. The van der Waals surface area contributed by atoms with Gasteiger partial charge in [0.2, 0.25) is 5.91 Å². The molecule has 3 aliphatic rings. The number of hydrogen-bond donors (Lipinski definition) is 2. The van der Waals surface area contributed by atoms with Crippen LogP contribution in [-0.2, 0) is 20.0 Å². The molecule has 8 nitrogen and oxygen atoms in total. The Labute approximate surface area is 218 Å². The molecule has 2 aliphatic heterocycles. The number of pyridine rings is 1. The number of amides is 2. The van der Waals surface area contributed by atoms with Gasteiger partial charge in [-0.2, -0.15) is 13.2 Å². The lowest BCUT2D eigenvalue weighted by Gasteiger charge is -2.40. The highest BCUT2D eigenvalue weighted by molar-refractivity contribution is 7.90. The summed E-state index contributed by atoms with van der Waals surface area (Å²) < 4.78 is 61.1. The Hall–Kier alpha value is -3.15. The molecule has 5 rings (SSSR count). The van der Waals surface area contributed by atoms with Crippen molar-refractivity contribution in [3.63, 3.8) is 0 Å². The first-order chi connectivity index (χ1) is 17.9. The van der Waals surface area contributed by atoms with Crippen LogP contribution in [0.1, 0.15) is 54.4 Å². The van der Waals surface area contributed by atoms with Gasteiger partial charge in [-0.05, 0) is 68.4 Å². The van der Waals surface area contributed by atoms with Crippen molar-refractivity contribution >= 4 is 27.5 Å². The minimum atomic E-state index is -4.48. The molecule has 1 aromatic carbocycles. The third kappa shape index (κ3) is 5.36. The van der Waals surface area contributed by atoms with Gasteiger partial charge >= 0.3 is 6.18 Å². The number of rotatable bonds is 7. The van der Waals surface area contributed by atoms with Crippen LogP contribution in [0.3, 0.4) is 0 Å².